The maximum atomic E-state index is 6.17. The summed E-state index contributed by atoms with van der Waals surface area (Å²) in [6, 6.07) is 11.1. The molecular weight excluding hydrogens is 318 g/mol. The van der Waals surface area contributed by atoms with Crippen molar-refractivity contribution in [3.05, 3.63) is 36.7 Å². The molecule has 1 aromatic carbocycles. The first kappa shape index (κ1) is 14.3. The van der Waals surface area contributed by atoms with Gasteiger partial charge in [-0.3, -0.25) is 0 Å². The summed E-state index contributed by atoms with van der Waals surface area (Å²) in [5.74, 6) is 2.27. The molecule has 2 bridgehead atoms. The molecule has 2 saturated carbocycles. The summed E-state index contributed by atoms with van der Waals surface area (Å²) in [5, 5.41) is 3.66. The van der Waals surface area contributed by atoms with Gasteiger partial charge in [0.05, 0.1) is 0 Å². The molecule has 2 fully saturated rings. The lowest BCUT2D eigenvalue weighted by Gasteiger charge is -2.26. The van der Waals surface area contributed by atoms with Crippen molar-refractivity contribution in [2.24, 2.45) is 17.6 Å². The van der Waals surface area contributed by atoms with Gasteiger partial charge in [-0.15, -0.1) is 0 Å². The molecule has 0 amide bonds. The fourth-order valence-corrected chi connectivity index (χ4v) is 5.13. The predicted molar refractivity (Wildman–Crippen MR) is 96.9 cm³/mol. The number of nitrogens with two attached hydrogens (primary N) is 1. The minimum Gasteiger partial charge on any atom is -0.366 e. The molecule has 3 N–H and O–H groups in total. The van der Waals surface area contributed by atoms with Gasteiger partial charge in [0.1, 0.15) is 28.1 Å². The third kappa shape index (κ3) is 2.21. The zero-order valence-corrected chi connectivity index (χ0v) is 14.0. The van der Waals surface area contributed by atoms with Gasteiger partial charge in [0.2, 0.25) is 0 Å². The van der Waals surface area contributed by atoms with Crippen LogP contribution >= 0.6 is 11.5 Å². The van der Waals surface area contributed by atoms with Crippen LogP contribution in [0.25, 0.3) is 21.5 Å². The Morgan fingerprint density at radius 3 is 2.67 bits per heavy atom. The molecule has 2 aromatic heterocycles. The molecule has 24 heavy (non-hydrogen) atoms. The molecule has 0 radical (unpaired) electrons. The van der Waals surface area contributed by atoms with Crippen molar-refractivity contribution < 1.29 is 0 Å². The zero-order chi connectivity index (χ0) is 16.1. The summed E-state index contributed by atoms with van der Waals surface area (Å²) < 4.78 is 5.68. The Labute approximate surface area is 144 Å². The first-order chi connectivity index (χ1) is 11.8. The van der Waals surface area contributed by atoms with E-state index in [0.717, 1.165) is 40.1 Å². The Kier molecular flexibility index (Phi) is 3.28. The van der Waals surface area contributed by atoms with Crippen molar-refractivity contribution in [1.82, 2.24) is 14.3 Å². The van der Waals surface area contributed by atoms with E-state index in [-0.39, 0.29) is 0 Å². The lowest BCUT2D eigenvalue weighted by molar-refractivity contribution is 0.390. The number of hydrogen-bond donors (Lipinski definition) is 2. The number of benzene rings is 1. The van der Waals surface area contributed by atoms with E-state index in [1.54, 1.807) is 6.33 Å². The number of nitrogens with zero attached hydrogens (tertiary/aromatic N) is 3. The number of aromatic nitrogens is 3. The maximum absolute atomic E-state index is 6.17. The minimum absolute atomic E-state index is 0.395. The van der Waals surface area contributed by atoms with Crippen LogP contribution in [-0.4, -0.2) is 26.4 Å². The molecule has 2 aliphatic rings. The van der Waals surface area contributed by atoms with Crippen molar-refractivity contribution in [2.45, 2.75) is 31.3 Å². The second kappa shape index (κ2) is 5.50. The van der Waals surface area contributed by atoms with Crippen LogP contribution in [0.4, 0.5) is 5.82 Å². The Hall–Kier alpha value is -2.05. The normalized spacial score (nSPS) is 28.5. The van der Waals surface area contributed by atoms with Gasteiger partial charge in [-0.25, -0.2) is 9.97 Å². The van der Waals surface area contributed by atoms with E-state index in [9.17, 15) is 0 Å². The van der Waals surface area contributed by atoms with Crippen LogP contribution < -0.4 is 11.1 Å². The largest absolute Gasteiger partial charge is 0.366 e. The van der Waals surface area contributed by atoms with Crippen LogP contribution in [0.1, 0.15) is 19.3 Å². The summed E-state index contributed by atoms with van der Waals surface area (Å²) in [4.78, 5) is 8.99. The molecule has 122 valence electrons. The van der Waals surface area contributed by atoms with Crippen LogP contribution in [0.15, 0.2) is 36.7 Å². The molecule has 5 rings (SSSR count). The second-order valence-electron chi connectivity index (χ2n) is 6.94. The summed E-state index contributed by atoms with van der Waals surface area (Å²) >= 11 is 1.48. The van der Waals surface area contributed by atoms with E-state index in [2.05, 4.69) is 31.8 Å². The van der Waals surface area contributed by atoms with Gasteiger partial charge in [-0.1, -0.05) is 30.3 Å². The Balaban J connectivity index is 1.49. The number of rotatable bonds is 3. The van der Waals surface area contributed by atoms with E-state index in [0.29, 0.717) is 23.9 Å². The van der Waals surface area contributed by atoms with Crippen molar-refractivity contribution >= 4 is 27.6 Å². The van der Waals surface area contributed by atoms with Crippen LogP contribution in [0.2, 0.25) is 0 Å². The average molecular weight is 337 g/mol. The summed E-state index contributed by atoms with van der Waals surface area (Å²) in [6.45, 7) is 0. The summed E-state index contributed by atoms with van der Waals surface area (Å²) in [5.41, 5.74) is 9.14. The van der Waals surface area contributed by atoms with E-state index < -0.39 is 0 Å². The third-order valence-corrected chi connectivity index (χ3v) is 6.38. The van der Waals surface area contributed by atoms with Crippen molar-refractivity contribution in [1.29, 1.82) is 0 Å². The van der Waals surface area contributed by atoms with E-state index in [1.807, 2.05) is 18.2 Å². The van der Waals surface area contributed by atoms with Crippen molar-refractivity contribution in [3.8, 4) is 11.3 Å². The molecule has 0 spiro atoms. The summed E-state index contributed by atoms with van der Waals surface area (Å²) in [6.07, 6.45) is 5.19. The highest BCUT2D eigenvalue weighted by Gasteiger charge is 2.44. The summed E-state index contributed by atoms with van der Waals surface area (Å²) in [7, 11) is 0. The second-order valence-corrected chi connectivity index (χ2v) is 7.71. The minimum atomic E-state index is 0.395. The topological polar surface area (TPSA) is 76.7 Å². The van der Waals surface area contributed by atoms with E-state index in [4.69, 9.17) is 5.73 Å². The third-order valence-electron chi connectivity index (χ3n) is 5.54. The standard InChI is InChI=1S/C18H19N5S/c19-13-7-12-6-11(13)8-14(12)22-18-17-16(20-9-21-18)15(23-24-17)10-4-2-1-3-5-10/h1-5,9,11-14H,6-8,19H2,(H,20,21,22). The Morgan fingerprint density at radius 2 is 1.92 bits per heavy atom. The molecular formula is C18H19N5S. The monoisotopic (exact) mass is 337 g/mol. The van der Waals surface area contributed by atoms with Crippen molar-refractivity contribution in [2.75, 3.05) is 5.32 Å². The molecule has 0 aliphatic heterocycles. The number of anilines is 1. The van der Waals surface area contributed by atoms with Gasteiger partial charge in [0.25, 0.3) is 0 Å². The highest BCUT2D eigenvalue weighted by molar-refractivity contribution is 7.14. The first-order valence-electron chi connectivity index (χ1n) is 8.47. The van der Waals surface area contributed by atoms with Gasteiger partial charge in [0.15, 0.2) is 0 Å². The molecule has 5 nitrogen and oxygen atoms in total. The van der Waals surface area contributed by atoms with Gasteiger partial charge in [0, 0.05) is 17.6 Å². The molecule has 4 unspecified atom stereocenters. The van der Waals surface area contributed by atoms with E-state index in [1.165, 1.54) is 18.0 Å². The smallest absolute Gasteiger partial charge is 0.149 e. The number of hydrogen-bond acceptors (Lipinski definition) is 6. The van der Waals surface area contributed by atoms with Crippen molar-refractivity contribution in [3.63, 3.8) is 0 Å². The SMILES string of the molecule is NC1CC2CC1CC2Nc1ncnc2c(-c3ccccc3)nsc12. The lowest BCUT2D eigenvalue weighted by Crippen LogP contribution is -2.35. The molecule has 3 aromatic rings. The van der Waals surface area contributed by atoms with Gasteiger partial charge in [-0.2, -0.15) is 4.37 Å². The molecule has 2 heterocycles. The van der Waals surface area contributed by atoms with Gasteiger partial charge in [-0.05, 0) is 42.6 Å². The van der Waals surface area contributed by atoms with E-state index >= 15 is 0 Å². The fourth-order valence-electron chi connectivity index (χ4n) is 4.32. The Morgan fingerprint density at radius 1 is 1.04 bits per heavy atom. The van der Waals surface area contributed by atoms with Gasteiger partial charge >= 0.3 is 0 Å². The quantitative estimate of drug-likeness (QED) is 0.767. The molecule has 2 aliphatic carbocycles. The number of fused-ring (bicyclic) bond motifs is 3. The zero-order valence-electron chi connectivity index (χ0n) is 13.2. The average Bonchev–Trinajstić information content (AvgIpc) is 3.29. The van der Waals surface area contributed by atoms with Crippen LogP contribution in [-0.2, 0) is 0 Å². The number of nitrogens with one attached hydrogen (secondary N) is 1. The van der Waals surface area contributed by atoms with Crippen LogP contribution in [0.3, 0.4) is 0 Å². The molecule has 4 atom stereocenters. The predicted octanol–water partition coefficient (Wildman–Crippen LogP) is 3.29. The van der Waals surface area contributed by atoms with Crippen LogP contribution in [0, 0.1) is 11.8 Å². The van der Waals surface area contributed by atoms with Crippen LogP contribution in [0.5, 0.6) is 0 Å². The molecule has 0 saturated heterocycles. The first-order valence-corrected chi connectivity index (χ1v) is 9.25. The fraction of sp³-hybridized carbons (Fsp3) is 0.389. The highest BCUT2D eigenvalue weighted by Crippen LogP contribution is 2.45. The maximum Gasteiger partial charge on any atom is 0.149 e. The highest BCUT2D eigenvalue weighted by atomic mass is 32.1. The molecule has 6 heteroatoms. The Bertz CT molecular complexity index is 876. The van der Waals surface area contributed by atoms with Gasteiger partial charge < -0.3 is 11.1 Å². The lowest BCUT2D eigenvalue weighted by atomic mass is 9.92.